The van der Waals surface area contributed by atoms with Gasteiger partial charge in [-0.2, -0.15) is 11.8 Å². The molecule has 2 unspecified atom stereocenters. The monoisotopic (exact) mass is 504 g/mol. The normalized spacial score (nSPS) is 34.2. The van der Waals surface area contributed by atoms with Crippen LogP contribution in [-0.4, -0.2) is 84.1 Å². The average molecular weight is 505 g/mol. The fraction of sp³-hybridized carbons (Fsp3) is 0.741. The van der Waals surface area contributed by atoms with Crippen molar-refractivity contribution in [2.24, 2.45) is 0 Å². The van der Waals surface area contributed by atoms with Crippen LogP contribution in [-0.2, 0) is 26.1 Å². The number of phenols is 1. The maximum atomic E-state index is 13.2. The Bertz CT molecular complexity index is 997. The number of likely N-dealkylation sites (N-methyl/N-ethyl adjacent to an activating group) is 1. The van der Waals surface area contributed by atoms with Crippen molar-refractivity contribution >= 4 is 17.7 Å². The van der Waals surface area contributed by atoms with Crippen LogP contribution in [0.5, 0.6) is 11.5 Å². The molecule has 4 aliphatic rings. The van der Waals surface area contributed by atoms with E-state index < -0.39 is 17.2 Å². The van der Waals surface area contributed by atoms with Gasteiger partial charge in [-0.05, 0) is 90.1 Å². The molecule has 6 atom stereocenters. The number of piperidine rings is 1. The Balaban J connectivity index is 1.55. The number of nitrogens with zero attached hydrogens (tertiary/aromatic N) is 1. The average Bonchev–Trinajstić information content (AvgIpc) is 3.16. The Morgan fingerprint density at radius 2 is 2.14 bits per heavy atom. The summed E-state index contributed by atoms with van der Waals surface area (Å²) in [6, 6.07) is 3.60. The Labute approximate surface area is 213 Å². The van der Waals surface area contributed by atoms with Gasteiger partial charge in [0.05, 0.1) is 11.0 Å². The molecule has 2 fully saturated rings. The van der Waals surface area contributed by atoms with Crippen molar-refractivity contribution in [2.75, 3.05) is 32.7 Å². The van der Waals surface area contributed by atoms with E-state index in [-0.39, 0.29) is 35.3 Å². The van der Waals surface area contributed by atoms with Crippen molar-refractivity contribution in [3.8, 4) is 11.5 Å². The van der Waals surface area contributed by atoms with Gasteiger partial charge in [0.1, 0.15) is 17.7 Å². The lowest BCUT2D eigenvalue weighted by atomic mass is 9.48. The molecule has 2 heterocycles. The van der Waals surface area contributed by atoms with E-state index in [1.807, 2.05) is 27.9 Å². The summed E-state index contributed by atoms with van der Waals surface area (Å²) >= 11 is 1.73. The Kier molecular flexibility index (Phi) is 6.35. The summed E-state index contributed by atoms with van der Waals surface area (Å²) in [6.45, 7) is 6.67. The highest BCUT2D eigenvalue weighted by Gasteiger charge is 2.73. The topological polar surface area (TPSA) is 80.3 Å². The van der Waals surface area contributed by atoms with Gasteiger partial charge in [0.2, 0.25) is 0 Å². The molecule has 2 bridgehead atoms. The van der Waals surface area contributed by atoms with Gasteiger partial charge in [-0.25, -0.2) is 0 Å². The first kappa shape index (κ1) is 25.2. The van der Waals surface area contributed by atoms with E-state index >= 15 is 0 Å². The second-order valence-electron chi connectivity index (χ2n) is 11.7. The van der Waals surface area contributed by atoms with Crippen LogP contribution in [0.15, 0.2) is 12.1 Å². The highest BCUT2D eigenvalue weighted by atomic mass is 32.2. The summed E-state index contributed by atoms with van der Waals surface area (Å²) in [5, 5.41) is 14.5. The van der Waals surface area contributed by atoms with E-state index in [0.29, 0.717) is 12.2 Å². The number of benzene rings is 1. The summed E-state index contributed by atoms with van der Waals surface area (Å²) < 4.78 is 19.0. The number of hydrogen-bond acceptors (Lipinski definition) is 8. The Hall–Kier alpha value is -1.48. The lowest BCUT2D eigenvalue weighted by Gasteiger charge is -2.65. The minimum Gasteiger partial charge on any atom is -0.504 e. The number of thioether (sulfide) groups is 1. The number of esters is 1. The summed E-state index contributed by atoms with van der Waals surface area (Å²) in [6.07, 6.45) is 5.99. The molecule has 2 N–H and O–H groups in total. The number of carbonyl (C=O) groups is 1. The lowest BCUT2D eigenvalue weighted by molar-refractivity contribution is -0.204. The Morgan fingerprint density at radius 1 is 1.37 bits per heavy atom. The van der Waals surface area contributed by atoms with Crippen molar-refractivity contribution in [3.05, 3.63) is 23.3 Å². The molecular weight excluding hydrogens is 464 g/mol. The maximum Gasteiger partial charge on any atom is 0.323 e. The molecule has 2 aliphatic carbocycles. The molecule has 7 nitrogen and oxygen atoms in total. The first-order valence-electron chi connectivity index (χ1n) is 12.8. The third-order valence-corrected chi connectivity index (χ3v) is 9.42. The summed E-state index contributed by atoms with van der Waals surface area (Å²) in [4.78, 5) is 15.6. The molecule has 0 aromatic heterocycles. The van der Waals surface area contributed by atoms with Crippen molar-refractivity contribution in [1.29, 1.82) is 0 Å². The number of ether oxygens (including phenoxy) is 3. The predicted octanol–water partition coefficient (Wildman–Crippen LogP) is 3.25. The fourth-order valence-electron chi connectivity index (χ4n) is 7.45. The smallest absolute Gasteiger partial charge is 0.323 e. The van der Waals surface area contributed by atoms with Gasteiger partial charge in [-0.3, -0.25) is 10.1 Å². The van der Waals surface area contributed by atoms with E-state index in [1.165, 1.54) is 5.56 Å². The molecule has 1 aromatic rings. The van der Waals surface area contributed by atoms with Gasteiger partial charge >= 0.3 is 5.97 Å². The summed E-state index contributed by atoms with van der Waals surface area (Å²) in [7, 11) is 4.03. The number of carbonyl (C=O) groups excluding carboxylic acids is 1. The zero-order valence-electron chi connectivity index (χ0n) is 21.8. The van der Waals surface area contributed by atoms with E-state index in [4.69, 9.17) is 14.2 Å². The van der Waals surface area contributed by atoms with Crippen LogP contribution >= 0.6 is 11.8 Å². The number of phenolic OH excluding ortho intramolecular Hbond substituents is 1. The Morgan fingerprint density at radius 3 is 2.83 bits per heavy atom. The van der Waals surface area contributed by atoms with Gasteiger partial charge in [0.15, 0.2) is 11.5 Å². The standard InChI is InChI=1S/C27H40N2O5S/c1-25(2,3)34-24(31)18(10-14-35-6)28-17-9-11-27(32-5)20-15-16-7-8-19(30)22-21(16)26(27,23(17)33-22)12-13-29(20)4/h7-8,17-18,20,23,28,30H,9-15H2,1-6H3/t17-,18-,20?,23-,26?,27+/m0/s1. The first-order chi connectivity index (χ1) is 16.6. The van der Waals surface area contributed by atoms with Crippen LogP contribution in [0.25, 0.3) is 0 Å². The largest absolute Gasteiger partial charge is 0.504 e. The molecule has 1 saturated heterocycles. The van der Waals surface area contributed by atoms with E-state index in [1.54, 1.807) is 17.8 Å². The first-order valence-corrected chi connectivity index (χ1v) is 14.2. The molecule has 0 radical (unpaired) electrons. The maximum absolute atomic E-state index is 13.2. The van der Waals surface area contributed by atoms with Crippen LogP contribution in [0.2, 0.25) is 0 Å². The van der Waals surface area contributed by atoms with Crippen LogP contribution in [0, 0.1) is 0 Å². The molecule has 5 rings (SSSR count). The molecule has 1 aromatic carbocycles. The molecule has 1 spiro atoms. The summed E-state index contributed by atoms with van der Waals surface area (Å²) in [5.41, 5.74) is 1.08. The third-order valence-electron chi connectivity index (χ3n) is 8.77. The van der Waals surface area contributed by atoms with Crippen molar-refractivity contribution in [2.45, 2.75) is 93.7 Å². The second-order valence-corrected chi connectivity index (χ2v) is 12.7. The lowest BCUT2D eigenvalue weighted by Crippen LogP contribution is -2.78. The van der Waals surface area contributed by atoms with Crippen LogP contribution < -0.4 is 10.1 Å². The quantitative estimate of drug-likeness (QED) is 0.548. The van der Waals surface area contributed by atoms with Gasteiger partial charge in [-0.15, -0.1) is 0 Å². The fourth-order valence-corrected chi connectivity index (χ4v) is 7.92. The third kappa shape index (κ3) is 3.70. The SMILES string of the molecule is CO[C@@]12CC[C@H](N[C@@H](CCSC)C(=O)OC(C)(C)C)[C@@H]3Oc4c(O)ccc5c4C31CCN(C)C2C5. The van der Waals surface area contributed by atoms with Crippen molar-refractivity contribution in [1.82, 2.24) is 10.2 Å². The van der Waals surface area contributed by atoms with E-state index in [9.17, 15) is 9.90 Å². The molecular formula is C27H40N2O5S. The molecule has 0 amide bonds. The van der Waals surface area contributed by atoms with E-state index in [2.05, 4.69) is 29.6 Å². The van der Waals surface area contributed by atoms with Crippen molar-refractivity contribution in [3.63, 3.8) is 0 Å². The van der Waals surface area contributed by atoms with Gasteiger partial charge < -0.3 is 24.2 Å². The van der Waals surface area contributed by atoms with Crippen LogP contribution in [0.1, 0.15) is 57.6 Å². The number of methoxy groups -OCH3 is 1. The molecule has 2 aliphatic heterocycles. The number of hydrogen-bond donors (Lipinski definition) is 2. The minimum atomic E-state index is -0.543. The van der Waals surface area contributed by atoms with Crippen molar-refractivity contribution < 1.29 is 24.1 Å². The van der Waals surface area contributed by atoms with E-state index in [0.717, 1.165) is 43.5 Å². The van der Waals surface area contributed by atoms with Gasteiger partial charge in [0, 0.05) is 24.8 Å². The van der Waals surface area contributed by atoms with Crippen LogP contribution in [0.3, 0.4) is 0 Å². The molecule has 1 saturated carbocycles. The minimum absolute atomic E-state index is 0.0561. The number of nitrogens with one attached hydrogen (secondary N) is 1. The number of aromatic hydroxyl groups is 1. The highest BCUT2D eigenvalue weighted by Crippen LogP contribution is 2.66. The molecule has 8 heteroatoms. The predicted molar refractivity (Wildman–Crippen MR) is 137 cm³/mol. The summed E-state index contributed by atoms with van der Waals surface area (Å²) in [5.74, 6) is 1.46. The molecule has 35 heavy (non-hydrogen) atoms. The van der Waals surface area contributed by atoms with Gasteiger partial charge in [-0.1, -0.05) is 6.07 Å². The zero-order chi connectivity index (χ0) is 25.2. The number of rotatable bonds is 7. The number of likely N-dealkylation sites (tertiary alicyclic amines) is 1. The second kappa shape index (κ2) is 8.82. The molecule has 194 valence electrons. The van der Waals surface area contributed by atoms with Gasteiger partial charge in [0.25, 0.3) is 0 Å². The van der Waals surface area contributed by atoms with Crippen LogP contribution in [0.4, 0.5) is 0 Å². The zero-order valence-corrected chi connectivity index (χ0v) is 22.7. The highest BCUT2D eigenvalue weighted by molar-refractivity contribution is 7.98.